The third-order valence-electron chi connectivity index (χ3n) is 2.46. The minimum Gasteiger partial charge on any atom is -0.507 e. The first-order chi connectivity index (χ1) is 8.23. The van der Waals surface area contributed by atoms with Gasteiger partial charge in [-0.25, -0.2) is 8.42 Å². The van der Waals surface area contributed by atoms with Crippen molar-refractivity contribution in [3.63, 3.8) is 0 Å². The lowest BCUT2D eigenvalue weighted by Gasteiger charge is -2.15. The van der Waals surface area contributed by atoms with Crippen LogP contribution in [0.4, 0.5) is 0 Å². The van der Waals surface area contributed by atoms with Crippen LogP contribution in [0.25, 0.3) is 0 Å². The van der Waals surface area contributed by atoms with Crippen LogP contribution in [-0.2, 0) is 14.6 Å². The molecule has 0 radical (unpaired) electrons. The molecule has 0 amide bonds. The van der Waals surface area contributed by atoms with Gasteiger partial charge in [0.25, 0.3) is 0 Å². The Labute approximate surface area is 105 Å². The number of aliphatic carboxylic acids is 1. The number of phenolic OH excluding ortho intramolecular Hbond substituents is 1. The van der Waals surface area contributed by atoms with E-state index in [4.69, 9.17) is 10.8 Å². The Morgan fingerprint density at radius 1 is 1.44 bits per heavy atom. The maximum atomic E-state index is 11.6. The molecule has 0 aliphatic rings. The van der Waals surface area contributed by atoms with Gasteiger partial charge >= 0.3 is 5.97 Å². The number of hydrogen-bond acceptors (Lipinski definition) is 5. The van der Waals surface area contributed by atoms with Gasteiger partial charge in [-0.3, -0.25) is 4.79 Å². The van der Waals surface area contributed by atoms with E-state index in [0.717, 1.165) is 6.26 Å². The number of sulfone groups is 1. The Morgan fingerprint density at radius 3 is 2.56 bits per heavy atom. The predicted molar refractivity (Wildman–Crippen MR) is 65.0 cm³/mol. The number of carbonyl (C=O) groups is 1. The molecular weight excluding hydrogens is 258 g/mol. The standard InChI is InChI=1S/C11H15NO5S/c1-18(16,17)11-7(3-2-4-9(11)13)8(12)5-6-10(14)15/h2-4,8,13H,5-6,12H2,1H3,(H,14,15). The molecule has 0 aromatic heterocycles. The topological polar surface area (TPSA) is 118 Å². The molecule has 0 heterocycles. The lowest BCUT2D eigenvalue weighted by Crippen LogP contribution is -2.16. The first-order valence-electron chi connectivity index (χ1n) is 5.22. The fraction of sp³-hybridized carbons (Fsp3) is 0.364. The number of rotatable bonds is 5. The van der Waals surface area contributed by atoms with Crippen LogP contribution >= 0.6 is 0 Å². The minimum absolute atomic E-state index is 0.0985. The zero-order valence-electron chi connectivity index (χ0n) is 9.83. The summed E-state index contributed by atoms with van der Waals surface area (Å²) in [6.45, 7) is 0. The van der Waals surface area contributed by atoms with Crippen LogP contribution in [0.2, 0.25) is 0 Å². The largest absolute Gasteiger partial charge is 0.507 e. The van der Waals surface area contributed by atoms with Crippen LogP contribution in [0.3, 0.4) is 0 Å². The molecule has 1 aromatic carbocycles. The smallest absolute Gasteiger partial charge is 0.303 e. The quantitative estimate of drug-likeness (QED) is 0.725. The van der Waals surface area contributed by atoms with E-state index in [-0.39, 0.29) is 29.1 Å². The Kier molecular flexibility index (Phi) is 4.31. The summed E-state index contributed by atoms with van der Waals surface area (Å²) in [5.41, 5.74) is 6.01. The zero-order chi connectivity index (χ0) is 13.9. The van der Waals surface area contributed by atoms with Crippen LogP contribution in [0.1, 0.15) is 24.4 Å². The van der Waals surface area contributed by atoms with Crippen molar-refractivity contribution < 1.29 is 23.4 Å². The molecule has 1 rings (SSSR count). The molecule has 1 unspecified atom stereocenters. The fourth-order valence-electron chi connectivity index (χ4n) is 1.67. The summed E-state index contributed by atoms with van der Waals surface area (Å²) in [6.07, 6.45) is 0.900. The average molecular weight is 273 g/mol. The Balaban J connectivity index is 3.17. The second-order valence-corrected chi connectivity index (χ2v) is 5.96. The van der Waals surface area contributed by atoms with E-state index >= 15 is 0 Å². The molecule has 0 saturated carbocycles. The maximum Gasteiger partial charge on any atom is 0.303 e. The molecular formula is C11H15NO5S. The Hall–Kier alpha value is -1.60. The highest BCUT2D eigenvalue weighted by Gasteiger charge is 2.22. The summed E-state index contributed by atoms with van der Waals surface area (Å²) in [4.78, 5) is 10.2. The molecule has 4 N–H and O–H groups in total. The van der Waals surface area contributed by atoms with Crippen molar-refractivity contribution in [2.75, 3.05) is 6.26 Å². The highest BCUT2D eigenvalue weighted by atomic mass is 32.2. The summed E-state index contributed by atoms with van der Waals surface area (Å²) in [5, 5.41) is 18.2. The van der Waals surface area contributed by atoms with Crippen molar-refractivity contribution in [2.24, 2.45) is 5.73 Å². The van der Waals surface area contributed by atoms with Gasteiger partial charge in [0.05, 0.1) is 0 Å². The molecule has 0 bridgehead atoms. The molecule has 0 aliphatic carbocycles. The summed E-state index contributed by atoms with van der Waals surface area (Å²) in [6, 6.07) is 3.45. The van der Waals surface area contributed by atoms with Gasteiger partial charge in [0.2, 0.25) is 0 Å². The normalized spacial score (nSPS) is 13.2. The van der Waals surface area contributed by atoms with Gasteiger partial charge in [-0.05, 0) is 18.1 Å². The number of carboxylic acid groups (broad SMARTS) is 1. The molecule has 18 heavy (non-hydrogen) atoms. The third kappa shape index (κ3) is 3.44. The molecule has 1 aromatic rings. The number of hydrogen-bond donors (Lipinski definition) is 3. The van der Waals surface area contributed by atoms with E-state index < -0.39 is 21.8 Å². The predicted octanol–water partition coefficient (Wildman–Crippen LogP) is 0.660. The molecule has 100 valence electrons. The highest BCUT2D eigenvalue weighted by Crippen LogP contribution is 2.31. The van der Waals surface area contributed by atoms with E-state index in [1.807, 2.05) is 0 Å². The van der Waals surface area contributed by atoms with E-state index in [9.17, 15) is 18.3 Å². The van der Waals surface area contributed by atoms with Crippen LogP contribution in [0.15, 0.2) is 23.1 Å². The van der Waals surface area contributed by atoms with Gasteiger partial charge in [0.15, 0.2) is 9.84 Å². The second-order valence-electron chi connectivity index (χ2n) is 4.01. The minimum atomic E-state index is -3.63. The van der Waals surface area contributed by atoms with Gasteiger partial charge in [-0.1, -0.05) is 12.1 Å². The number of carboxylic acids is 1. The van der Waals surface area contributed by atoms with Crippen molar-refractivity contribution >= 4 is 15.8 Å². The van der Waals surface area contributed by atoms with Crippen LogP contribution < -0.4 is 5.73 Å². The van der Waals surface area contributed by atoms with E-state index in [0.29, 0.717) is 0 Å². The van der Waals surface area contributed by atoms with Crippen molar-refractivity contribution in [2.45, 2.75) is 23.8 Å². The number of nitrogens with two attached hydrogens (primary N) is 1. The Morgan fingerprint density at radius 2 is 2.06 bits per heavy atom. The van der Waals surface area contributed by atoms with Crippen molar-refractivity contribution in [3.05, 3.63) is 23.8 Å². The zero-order valence-corrected chi connectivity index (χ0v) is 10.6. The van der Waals surface area contributed by atoms with E-state index in [1.54, 1.807) is 0 Å². The van der Waals surface area contributed by atoms with Gasteiger partial charge in [0.1, 0.15) is 10.6 Å². The van der Waals surface area contributed by atoms with E-state index in [2.05, 4.69) is 0 Å². The summed E-state index contributed by atoms with van der Waals surface area (Å²) in [7, 11) is -3.63. The monoisotopic (exact) mass is 273 g/mol. The lowest BCUT2D eigenvalue weighted by molar-refractivity contribution is -0.137. The molecule has 6 nitrogen and oxygen atoms in total. The SMILES string of the molecule is CS(=O)(=O)c1c(O)cccc1C(N)CCC(=O)O. The molecule has 0 aliphatic heterocycles. The maximum absolute atomic E-state index is 11.6. The Bertz CT molecular complexity index is 553. The van der Waals surface area contributed by atoms with Crippen LogP contribution in [0, 0.1) is 0 Å². The fourth-order valence-corrected chi connectivity index (χ4v) is 2.77. The number of benzene rings is 1. The van der Waals surface area contributed by atoms with Gasteiger partial charge < -0.3 is 15.9 Å². The summed E-state index contributed by atoms with van der Waals surface area (Å²) >= 11 is 0. The van der Waals surface area contributed by atoms with Crippen molar-refractivity contribution in [3.8, 4) is 5.75 Å². The third-order valence-corrected chi connectivity index (χ3v) is 3.65. The molecule has 7 heteroatoms. The van der Waals surface area contributed by atoms with Crippen LogP contribution in [-0.4, -0.2) is 30.9 Å². The van der Waals surface area contributed by atoms with Gasteiger partial charge in [-0.2, -0.15) is 0 Å². The highest BCUT2D eigenvalue weighted by molar-refractivity contribution is 7.90. The number of aromatic hydroxyl groups is 1. The first-order valence-corrected chi connectivity index (χ1v) is 7.12. The van der Waals surface area contributed by atoms with Crippen molar-refractivity contribution in [1.29, 1.82) is 0 Å². The molecule has 1 atom stereocenters. The summed E-state index contributed by atoms with van der Waals surface area (Å²) < 4.78 is 23.2. The average Bonchev–Trinajstić information content (AvgIpc) is 2.23. The lowest BCUT2D eigenvalue weighted by atomic mass is 10.0. The molecule has 0 saturated heterocycles. The number of phenols is 1. The second kappa shape index (κ2) is 5.36. The van der Waals surface area contributed by atoms with Crippen molar-refractivity contribution in [1.82, 2.24) is 0 Å². The molecule has 0 fully saturated rings. The van der Waals surface area contributed by atoms with E-state index in [1.165, 1.54) is 18.2 Å². The summed E-state index contributed by atoms with van der Waals surface area (Å²) in [5.74, 6) is -1.38. The van der Waals surface area contributed by atoms with Gasteiger partial charge in [-0.15, -0.1) is 0 Å². The molecule has 0 spiro atoms. The van der Waals surface area contributed by atoms with Crippen LogP contribution in [0.5, 0.6) is 5.75 Å². The van der Waals surface area contributed by atoms with Gasteiger partial charge in [0, 0.05) is 18.7 Å². The first kappa shape index (κ1) is 14.5.